The van der Waals surface area contributed by atoms with E-state index in [0.717, 1.165) is 38.4 Å². The van der Waals surface area contributed by atoms with E-state index in [1.54, 1.807) is 0 Å². The highest BCUT2D eigenvalue weighted by Gasteiger charge is 2.19. The van der Waals surface area contributed by atoms with Gasteiger partial charge in [-0.1, -0.05) is 13.8 Å². The Bertz CT molecular complexity index is 617. The van der Waals surface area contributed by atoms with E-state index in [2.05, 4.69) is 42.0 Å². The quantitative estimate of drug-likeness (QED) is 0.865. The second kappa shape index (κ2) is 5.93. The van der Waals surface area contributed by atoms with Crippen LogP contribution in [0.5, 0.6) is 0 Å². The first-order valence-electron chi connectivity index (χ1n) is 7.74. The van der Waals surface area contributed by atoms with Gasteiger partial charge in [0.15, 0.2) is 0 Å². The van der Waals surface area contributed by atoms with Crippen LogP contribution in [-0.4, -0.2) is 31.2 Å². The topological polar surface area (TPSA) is 46.8 Å². The van der Waals surface area contributed by atoms with Crippen molar-refractivity contribution in [3.05, 3.63) is 41.2 Å². The molecule has 0 saturated heterocycles. The normalized spacial score (nSPS) is 15.4. The van der Waals surface area contributed by atoms with E-state index in [9.17, 15) is 0 Å². The highest BCUT2D eigenvalue weighted by Crippen LogP contribution is 2.20. The van der Waals surface area contributed by atoms with Crippen LogP contribution in [0.25, 0.3) is 0 Å². The molecule has 0 fully saturated rings. The SMILES string of the molecule is CCn1cc(CN2CCc3nc(C(C)C)ncc3C2)cn1. The molecule has 0 spiro atoms. The molecular formula is C16H23N5. The molecule has 3 heterocycles. The number of hydrogen-bond acceptors (Lipinski definition) is 4. The van der Waals surface area contributed by atoms with Crippen LogP contribution in [0.4, 0.5) is 0 Å². The summed E-state index contributed by atoms with van der Waals surface area (Å²) >= 11 is 0. The van der Waals surface area contributed by atoms with Crippen LogP contribution in [0.2, 0.25) is 0 Å². The van der Waals surface area contributed by atoms with Crippen LogP contribution in [0.3, 0.4) is 0 Å². The van der Waals surface area contributed by atoms with Gasteiger partial charge in [-0.3, -0.25) is 9.58 Å². The molecule has 0 N–H and O–H groups in total. The third-order valence-electron chi connectivity index (χ3n) is 3.96. The van der Waals surface area contributed by atoms with Crippen molar-refractivity contribution in [3.63, 3.8) is 0 Å². The number of aromatic nitrogens is 4. The molecule has 5 nitrogen and oxygen atoms in total. The molecule has 112 valence electrons. The molecule has 0 aromatic carbocycles. The van der Waals surface area contributed by atoms with Gasteiger partial charge < -0.3 is 0 Å². The third kappa shape index (κ3) is 3.13. The molecule has 5 heteroatoms. The lowest BCUT2D eigenvalue weighted by Crippen LogP contribution is -2.31. The standard InChI is InChI=1S/C16H23N5/c1-4-21-10-13(7-18-21)9-20-6-5-15-14(11-20)8-17-16(19-15)12(2)3/h7-8,10,12H,4-6,9,11H2,1-3H3. The van der Waals surface area contributed by atoms with E-state index in [1.807, 2.05) is 17.1 Å². The molecule has 0 saturated carbocycles. The Morgan fingerprint density at radius 3 is 2.86 bits per heavy atom. The van der Waals surface area contributed by atoms with E-state index < -0.39 is 0 Å². The lowest BCUT2D eigenvalue weighted by Gasteiger charge is -2.27. The molecule has 1 aliphatic heterocycles. The fourth-order valence-electron chi connectivity index (χ4n) is 2.72. The number of fused-ring (bicyclic) bond motifs is 1. The van der Waals surface area contributed by atoms with Crippen LogP contribution >= 0.6 is 0 Å². The fourth-order valence-corrected chi connectivity index (χ4v) is 2.72. The van der Waals surface area contributed by atoms with Crippen molar-refractivity contribution in [2.45, 2.75) is 52.7 Å². The number of aryl methyl sites for hydroxylation is 1. The minimum atomic E-state index is 0.396. The predicted molar refractivity (Wildman–Crippen MR) is 81.8 cm³/mol. The Morgan fingerprint density at radius 2 is 2.14 bits per heavy atom. The minimum Gasteiger partial charge on any atom is -0.294 e. The zero-order chi connectivity index (χ0) is 14.8. The van der Waals surface area contributed by atoms with Crippen LogP contribution in [0, 0.1) is 0 Å². The van der Waals surface area contributed by atoms with Crippen LogP contribution in [0.1, 0.15) is 49.3 Å². The van der Waals surface area contributed by atoms with Gasteiger partial charge >= 0.3 is 0 Å². The van der Waals surface area contributed by atoms with Crippen molar-refractivity contribution >= 4 is 0 Å². The molecule has 0 amide bonds. The van der Waals surface area contributed by atoms with Gasteiger partial charge in [0.05, 0.1) is 6.20 Å². The average Bonchev–Trinajstić information content (AvgIpc) is 2.94. The van der Waals surface area contributed by atoms with Crippen LogP contribution in [0.15, 0.2) is 18.6 Å². The van der Waals surface area contributed by atoms with Crippen molar-refractivity contribution < 1.29 is 0 Å². The lowest BCUT2D eigenvalue weighted by atomic mass is 10.1. The summed E-state index contributed by atoms with van der Waals surface area (Å²) < 4.78 is 1.98. The summed E-state index contributed by atoms with van der Waals surface area (Å²) in [5.41, 5.74) is 3.78. The highest BCUT2D eigenvalue weighted by molar-refractivity contribution is 5.21. The number of hydrogen-bond donors (Lipinski definition) is 0. The monoisotopic (exact) mass is 285 g/mol. The van der Waals surface area contributed by atoms with Crippen LogP contribution in [-0.2, 0) is 26.1 Å². The molecule has 0 bridgehead atoms. The smallest absolute Gasteiger partial charge is 0.131 e. The maximum absolute atomic E-state index is 4.72. The molecule has 1 aliphatic rings. The maximum Gasteiger partial charge on any atom is 0.131 e. The molecular weight excluding hydrogens is 262 g/mol. The van der Waals surface area contributed by atoms with E-state index in [1.165, 1.54) is 16.8 Å². The van der Waals surface area contributed by atoms with Gasteiger partial charge in [-0.05, 0) is 6.92 Å². The van der Waals surface area contributed by atoms with Gasteiger partial charge in [-0.2, -0.15) is 5.10 Å². The predicted octanol–water partition coefficient (Wildman–Crippen LogP) is 2.37. The van der Waals surface area contributed by atoms with E-state index >= 15 is 0 Å². The fraction of sp³-hybridized carbons (Fsp3) is 0.562. The number of nitrogens with zero attached hydrogens (tertiary/aromatic N) is 5. The van der Waals surface area contributed by atoms with E-state index in [0.29, 0.717) is 5.92 Å². The summed E-state index contributed by atoms with van der Waals surface area (Å²) in [7, 11) is 0. The Balaban J connectivity index is 1.69. The molecule has 0 aliphatic carbocycles. The molecule has 21 heavy (non-hydrogen) atoms. The van der Waals surface area contributed by atoms with Crippen LogP contribution < -0.4 is 0 Å². The molecule has 2 aromatic heterocycles. The zero-order valence-corrected chi connectivity index (χ0v) is 13.1. The van der Waals surface area contributed by atoms with Gasteiger partial charge in [0.25, 0.3) is 0 Å². The first-order chi connectivity index (χ1) is 10.2. The second-order valence-electron chi connectivity index (χ2n) is 6.02. The molecule has 0 atom stereocenters. The summed E-state index contributed by atoms with van der Waals surface area (Å²) in [6, 6.07) is 0. The Hall–Kier alpha value is -1.75. The van der Waals surface area contributed by atoms with Gasteiger partial charge in [-0.25, -0.2) is 9.97 Å². The third-order valence-corrected chi connectivity index (χ3v) is 3.96. The van der Waals surface area contributed by atoms with E-state index in [4.69, 9.17) is 4.98 Å². The molecule has 2 aromatic rings. The highest BCUT2D eigenvalue weighted by atomic mass is 15.3. The lowest BCUT2D eigenvalue weighted by molar-refractivity contribution is 0.242. The first-order valence-corrected chi connectivity index (χ1v) is 7.74. The molecule has 0 unspecified atom stereocenters. The maximum atomic E-state index is 4.72. The summed E-state index contributed by atoms with van der Waals surface area (Å²) in [5.74, 6) is 1.36. The molecule has 3 rings (SSSR count). The summed E-state index contributed by atoms with van der Waals surface area (Å²) in [6.07, 6.45) is 7.13. The van der Waals surface area contributed by atoms with Crippen molar-refractivity contribution in [2.75, 3.05) is 6.54 Å². The van der Waals surface area contributed by atoms with Gasteiger partial charge in [0.1, 0.15) is 5.82 Å². The van der Waals surface area contributed by atoms with E-state index in [-0.39, 0.29) is 0 Å². The van der Waals surface area contributed by atoms with Gasteiger partial charge in [-0.15, -0.1) is 0 Å². The summed E-state index contributed by atoms with van der Waals surface area (Å²) in [5, 5.41) is 4.34. The molecule has 0 radical (unpaired) electrons. The van der Waals surface area contributed by atoms with Crippen molar-refractivity contribution in [2.24, 2.45) is 0 Å². The average molecular weight is 285 g/mol. The minimum absolute atomic E-state index is 0.396. The first kappa shape index (κ1) is 14.2. The Labute approximate surface area is 126 Å². The van der Waals surface area contributed by atoms with Gasteiger partial charge in [0, 0.05) is 67.7 Å². The van der Waals surface area contributed by atoms with Crippen molar-refractivity contribution in [1.82, 2.24) is 24.6 Å². The van der Waals surface area contributed by atoms with Gasteiger partial charge in [0.2, 0.25) is 0 Å². The summed E-state index contributed by atoms with van der Waals surface area (Å²) in [4.78, 5) is 11.7. The Morgan fingerprint density at radius 1 is 1.29 bits per heavy atom. The van der Waals surface area contributed by atoms with Crippen molar-refractivity contribution in [1.29, 1.82) is 0 Å². The second-order valence-corrected chi connectivity index (χ2v) is 6.02. The Kier molecular flexibility index (Phi) is 4.01. The largest absolute Gasteiger partial charge is 0.294 e. The number of rotatable bonds is 4. The zero-order valence-electron chi connectivity index (χ0n) is 13.1. The van der Waals surface area contributed by atoms with Crippen molar-refractivity contribution in [3.8, 4) is 0 Å². The summed E-state index contributed by atoms with van der Waals surface area (Å²) in [6.45, 7) is 10.3.